The number of aromatic nitrogens is 2. The van der Waals surface area contributed by atoms with Crippen LogP contribution in [0.25, 0.3) is 0 Å². The van der Waals surface area contributed by atoms with Crippen molar-refractivity contribution in [3.05, 3.63) is 77.1 Å². The molecule has 1 amide bonds. The minimum atomic E-state index is -0.409. The van der Waals surface area contributed by atoms with E-state index in [-0.39, 0.29) is 11.6 Å². The number of nitrogens with one attached hydrogen (secondary N) is 2. The van der Waals surface area contributed by atoms with E-state index < -0.39 is 5.97 Å². The highest BCUT2D eigenvalue weighted by molar-refractivity contribution is 6.03. The summed E-state index contributed by atoms with van der Waals surface area (Å²) in [6.07, 6.45) is 0. The number of carbonyl (C=O) groups excluding carboxylic acids is 2. The van der Waals surface area contributed by atoms with Gasteiger partial charge in [0.25, 0.3) is 5.91 Å². The minimum absolute atomic E-state index is 0.254. The molecule has 0 spiro atoms. The highest BCUT2D eigenvalue weighted by atomic mass is 16.5. The van der Waals surface area contributed by atoms with Gasteiger partial charge in [-0.2, -0.15) is 0 Å². The molecule has 142 valence electrons. The maximum absolute atomic E-state index is 12.6. The molecule has 0 atom stereocenters. The Morgan fingerprint density at radius 2 is 1.68 bits per heavy atom. The summed E-state index contributed by atoms with van der Waals surface area (Å²) < 4.78 is 4.68. The first-order valence-electron chi connectivity index (χ1n) is 8.64. The quantitative estimate of drug-likeness (QED) is 0.657. The Balaban J connectivity index is 1.78. The third-order valence-electron chi connectivity index (χ3n) is 4.04. The van der Waals surface area contributed by atoms with Crippen LogP contribution < -0.4 is 10.6 Å². The average Bonchev–Trinajstić information content (AvgIpc) is 2.69. The zero-order chi connectivity index (χ0) is 20.1. The number of benzene rings is 2. The van der Waals surface area contributed by atoms with Crippen LogP contribution in [-0.4, -0.2) is 29.0 Å². The van der Waals surface area contributed by atoms with Crippen LogP contribution in [0.2, 0.25) is 0 Å². The molecule has 1 aromatic heterocycles. The number of anilines is 3. The van der Waals surface area contributed by atoms with Gasteiger partial charge in [-0.05, 0) is 55.8 Å². The van der Waals surface area contributed by atoms with Crippen molar-refractivity contribution in [1.29, 1.82) is 0 Å². The number of hydrogen-bond acceptors (Lipinski definition) is 6. The molecule has 0 aliphatic carbocycles. The molecular weight excluding hydrogens is 356 g/mol. The Hall–Kier alpha value is -3.74. The molecule has 1 heterocycles. The van der Waals surface area contributed by atoms with Gasteiger partial charge < -0.3 is 15.4 Å². The number of amides is 1. The van der Waals surface area contributed by atoms with Crippen molar-refractivity contribution in [2.24, 2.45) is 0 Å². The number of nitrogens with zero attached hydrogens (tertiary/aromatic N) is 2. The second-order valence-corrected chi connectivity index (χ2v) is 6.18. The first kappa shape index (κ1) is 19.0. The van der Waals surface area contributed by atoms with Gasteiger partial charge in [-0.3, -0.25) is 4.79 Å². The van der Waals surface area contributed by atoms with Crippen molar-refractivity contribution in [3.8, 4) is 0 Å². The van der Waals surface area contributed by atoms with E-state index in [4.69, 9.17) is 0 Å². The number of methoxy groups -OCH3 is 1. The third kappa shape index (κ3) is 4.50. The summed E-state index contributed by atoms with van der Waals surface area (Å²) in [5, 5.41) is 5.91. The molecule has 3 aromatic rings. The molecule has 0 fully saturated rings. The van der Waals surface area contributed by atoms with Crippen LogP contribution in [0.5, 0.6) is 0 Å². The Morgan fingerprint density at radius 1 is 0.964 bits per heavy atom. The zero-order valence-electron chi connectivity index (χ0n) is 15.8. The van der Waals surface area contributed by atoms with Gasteiger partial charge in [0, 0.05) is 17.1 Å². The maximum Gasteiger partial charge on any atom is 0.337 e. The predicted molar refractivity (Wildman–Crippen MR) is 107 cm³/mol. The molecule has 0 bridgehead atoms. The molecule has 2 N–H and O–H groups in total. The van der Waals surface area contributed by atoms with E-state index in [1.807, 2.05) is 31.2 Å². The van der Waals surface area contributed by atoms with Gasteiger partial charge in [0.2, 0.25) is 5.95 Å². The van der Waals surface area contributed by atoms with Gasteiger partial charge in [-0.15, -0.1) is 0 Å². The van der Waals surface area contributed by atoms with Crippen molar-refractivity contribution in [2.45, 2.75) is 13.8 Å². The summed E-state index contributed by atoms with van der Waals surface area (Å²) in [4.78, 5) is 32.7. The molecule has 0 aliphatic rings. The van der Waals surface area contributed by atoms with Crippen LogP contribution in [0.15, 0.2) is 54.6 Å². The molecule has 7 nitrogen and oxygen atoms in total. The number of aryl methyl sites for hydroxylation is 2. The summed E-state index contributed by atoms with van der Waals surface area (Å²) in [5.41, 5.74) is 3.73. The summed E-state index contributed by atoms with van der Waals surface area (Å²) >= 11 is 0. The molecule has 0 unspecified atom stereocenters. The molecule has 0 saturated carbocycles. The molecule has 0 radical (unpaired) electrons. The molecule has 3 rings (SSSR count). The average molecular weight is 376 g/mol. The van der Waals surface area contributed by atoms with E-state index in [0.717, 1.165) is 11.3 Å². The summed E-state index contributed by atoms with van der Waals surface area (Å²) in [6.45, 7) is 3.71. The van der Waals surface area contributed by atoms with E-state index in [9.17, 15) is 9.59 Å². The SMILES string of the molecule is COC(=O)c1ccc(Nc2nc(C)cc(C(=O)Nc3ccccc3C)n2)cc1. The van der Waals surface area contributed by atoms with Crippen molar-refractivity contribution >= 4 is 29.2 Å². The van der Waals surface area contributed by atoms with Crippen LogP contribution in [0.1, 0.15) is 32.1 Å². The number of ether oxygens (including phenoxy) is 1. The van der Waals surface area contributed by atoms with Gasteiger partial charge in [0.15, 0.2) is 0 Å². The second kappa shape index (κ2) is 8.30. The van der Waals surface area contributed by atoms with E-state index in [0.29, 0.717) is 22.9 Å². The highest BCUT2D eigenvalue weighted by Crippen LogP contribution is 2.17. The summed E-state index contributed by atoms with van der Waals surface area (Å²) in [5.74, 6) is -0.432. The number of rotatable bonds is 5. The van der Waals surface area contributed by atoms with Crippen molar-refractivity contribution in [2.75, 3.05) is 17.7 Å². The van der Waals surface area contributed by atoms with Gasteiger partial charge in [-0.1, -0.05) is 18.2 Å². The largest absolute Gasteiger partial charge is 0.465 e. The first-order chi connectivity index (χ1) is 13.5. The fourth-order valence-corrected chi connectivity index (χ4v) is 2.58. The number of para-hydroxylation sites is 1. The molecular formula is C21H20N4O3. The first-order valence-corrected chi connectivity index (χ1v) is 8.64. The van der Waals surface area contributed by atoms with E-state index in [2.05, 4.69) is 25.3 Å². The standard InChI is InChI=1S/C21H20N4O3/c1-13-6-4-5-7-17(13)24-19(26)18-12-14(2)22-21(25-18)23-16-10-8-15(9-11-16)20(27)28-3/h4-12H,1-3H3,(H,24,26)(H,22,23,25). The van der Waals surface area contributed by atoms with Crippen LogP contribution in [0.4, 0.5) is 17.3 Å². The number of hydrogen-bond donors (Lipinski definition) is 2. The molecule has 2 aromatic carbocycles. The van der Waals surface area contributed by atoms with Gasteiger partial charge in [-0.25, -0.2) is 14.8 Å². The van der Waals surface area contributed by atoms with Crippen molar-refractivity contribution < 1.29 is 14.3 Å². The van der Waals surface area contributed by atoms with Crippen LogP contribution in [-0.2, 0) is 4.74 Å². The molecule has 0 saturated heterocycles. The third-order valence-corrected chi connectivity index (χ3v) is 4.04. The normalized spacial score (nSPS) is 10.2. The molecule has 0 aliphatic heterocycles. The van der Waals surface area contributed by atoms with Crippen LogP contribution >= 0.6 is 0 Å². The van der Waals surface area contributed by atoms with E-state index in [1.54, 1.807) is 37.3 Å². The lowest BCUT2D eigenvalue weighted by molar-refractivity contribution is 0.0600. The zero-order valence-corrected chi connectivity index (χ0v) is 15.8. The molecule has 28 heavy (non-hydrogen) atoms. The minimum Gasteiger partial charge on any atom is -0.465 e. The van der Waals surface area contributed by atoms with E-state index >= 15 is 0 Å². The fourth-order valence-electron chi connectivity index (χ4n) is 2.58. The predicted octanol–water partition coefficient (Wildman–Crippen LogP) is 3.88. The topological polar surface area (TPSA) is 93.2 Å². The van der Waals surface area contributed by atoms with Crippen molar-refractivity contribution in [3.63, 3.8) is 0 Å². The lowest BCUT2D eigenvalue weighted by Crippen LogP contribution is -2.16. The van der Waals surface area contributed by atoms with Crippen LogP contribution in [0, 0.1) is 13.8 Å². The molecule has 7 heteroatoms. The van der Waals surface area contributed by atoms with Gasteiger partial charge in [0.05, 0.1) is 12.7 Å². The Morgan fingerprint density at radius 3 is 2.36 bits per heavy atom. The van der Waals surface area contributed by atoms with Crippen LogP contribution in [0.3, 0.4) is 0 Å². The summed E-state index contributed by atoms with van der Waals surface area (Å²) in [6, 6.07) is 15.8. The van der Waals surface area contributed by atoms with Gasteiger partial charge >= 0.3 is 5.97 Å². The van der Waals surface area contributed by atoms with Gasteiger partial charge in [0.1, 0.15) is 5.69 Å². The van der Waals surface area contributed by atoms with E-state index in [1.165, 1.54) is 7.11 Å². The fraction of sp³-hybridized carbons (Fsp3) is 0.143. The van der Waals surface area contributed by atoms with Crippen molar-refractivity contribution in [1.82, 2.24) is 9.97 Å². The maximum atomic E-state index is 12.6. The lowest BCUT2D eigenvalue weighted by atomic mass is 10.2. The lowest BCUT2D eigenvalue weighted by Gasteiger charge is -2.10. The Labute approximate surface area is 162 Å². The Kier molecular flexibility index (Phi) is 5.64. The smallest absolute Gasteiger partial charge is 0.337 e. The number of esters is 1. The second-order valence-electron chi connectivity index (χ2n) is 6.18. The summed E-state index contributed by atoms with van der Waals surface area (Å²) in [7, 11) is 1.33. The highest BCUT2D eigenvalue weighted by Gasteiger charge is 2.12. The monoisotopic (exact) mass is 376 g/mol. The number of carbonyl (C=O) groups is 2. The Bertz CT molecular complexity index is 1020.